The van der Waals surface area contributed by atoms with Crippen LogP contribution in [0.1, 0.15) is 19.8 Å². The van der Waals surface area contributed by atoms with Gasteiger partial charge in [-0.2, -0.15) is 0 Å². The molecular weight excluding hydrogens is 320 g/mol. The monoisotopic (exact) mass is 340 g/mol. The van der Waals surface area contributed by atoms with E-state index >= 15 is 0 Å². The Bertz CT molecular complexity index is 450. The third-order valence-electron chi connectivity index (χ3n) is 3.75. The minimum absolute atomic E-state index is 0.0234. The zero-order valence-corrected chi connectivity index (χ0v) is 13.3. The molecule has 2 N–H and O–H groups in total. The lowest BCUT2D eigenvalue weighted by molar-refractivity contribution is -0.137. The predicted molar refractivity (Wildman–Crippen MR) is 82.6 cm³/mol. The van der Waals surface area contributed by atoms with Crippen molar-refractivity contribution in [2.45, 2.75) is 25.8 Å². The third kappa shape index (κ3) is 3.96. The number of hydrogen-bond acceptors (Lipinski definition) is 3. The molecule has 1 aliphatic heterocycles. The molecule has 1 saturated heterocycles. The van der Waals surface area contributed by atoms with Crippen LogP contribution in [0.25, 0.3) is 0 Å². The third-order valence-corrected chi connectivity index (χ3v) is 4.28. The molecule has 0 aliphatic carbocycles. The Kier molecular flexibility index (Phi) is 5.43. The Morgan fingerprint density at radius 3 is 2.80 bits per heavy atom. The number of carbonyl (C=O) groups excluding carboxylic acids is 1. The van der Waals surface area contributed by atoms with Crippen LogP contribution in [0.15, 0.2) is 28.7 Å². The van der Waals surface area contributed by atoms with Crippen LogP contribution in [0.5, 0.6) is 5.75 Å². The van der Waals surface area contributed by atoms with Gasteiger partial charge in [0.15, 0.2) is 6.61 Å². The second-order valence-corrected chi connectivity index (χ2v) is 6.26. The van der Waals surface area contributed by atoms with Crippen LogP contribution in [0.4, 0.5) is 0 Å². The molecule has 1 amide bonds. The second kappa shape index (κ2) is 7.09. The Hall–Kier alpha value is -1.07. The van der Waals surface area contributed by atoms with Gasteiger partial charge in [-0.25, -0.2) is 0 Å². The molecule has 0 bridgehead atoms. The van der Waals surface area contributed by atoms with E-state index in [-0.39, 0.29) is 18.6 Å². The second-order valence-electron chi connectivity index (χ2n) is 5.35. The Morgan fingerprint density at radius 1 is 1.45 bits per heavy atom. The number of benzene rings is 1. The van der Waals surface area contributed by atoms with E-state index in [2.05, 4.69) is 22.9 Å². The van der Waals surface area contributed by atoms with E-state index in [0.29, 0.717) is 18.2 Å². The van der Waals surface area contributed by atoms with Gasteiger partial charge in [0.1, 0.15) is 5.75 Å². The van der Waals surface area contributed by atoms with Crippen molar-refractivity contribution in [3.8, 4) is 5.75 Å². The van der Waals surface area contributed by atoms with Crippen LogP contribution in [0, 0.1) is 5.92 Å². The van der Waals surface area contributed by atoms with Gasteiger partial charge in [0.25, 0.3) is 5.91 Å². The van der Waals surface area contributed by atoms with Crippen molar-refractivity contribution in [2.24, 2.45) is 11.7 Å². The highest BCUT2D eigenvalue weighted by Crippen LogP contribution is 2.22. The van der Waals surface area contributed by atoms with E-state index in [9.17, 15) is 4.79 Å². The summed E-state index contributed by atoms with van der Waals surface area (Å²) in [6.45, 7) is 3.59. The summed E-state index contributed by atoms with van der Waals surface area (Å²) in [4.78, 5) is 14.1. The van der Waals surface area contributed by atoms with E-state index < -0.39 is 0 Å². The molecule has 1 heterocycles. The summed E-state index contributed by atoms with van der Waals surface area (Å²) in [6, 6.07) is 7.63. The minimum Gasteiger partial charge on any atom is -0.484 e. The molecular formula is C15H21BrN2O2. The number of nitrogens with zero attached hydrogens (tertiary/aromatic N) is 1. The molecule has 0 saturated carbocycles. The number of ether oxygens (including phenoxy) is 1. The van der Waals surface area contributed by atoms with Gasteiger partial charge in [0.2, 0.25) is 0 Å². The Labute approximate surface area is 128 Å². The average Bonchev–Trinajstić information content (AvgIpc) is 2.46. The summed E-state index contributed by atoms with van der Waals surface area (Å²) in [5.74, 6) is 1.37. The molecule has 2 atom stereocenters. The largest absolute Gasteiger partial charge is 0.484 e. The summed E-state index contributed by atoms with van der Waals surface area (Å²) < 4.78 is 6.53. The number of halogens is 1. The molecule has 20 heavy (non-hydrogen) atoms. The fourth-order valence-electron chi connectivity index (χ4n) is 2.56. The first kappa shape index (κ1) is 15.3. The topological polar surface area (TPSA) is 55.6 Å². The van der Waals surface area contributed by atoms with Crippen LogP contribution in [-0.4, -0.2) is 36.5 Å². The van der Waals surface area contributed by atoms with Crippen molar-refractivity contribution >= 4 is 21.8 Å². The maximum absolute atomic E-state index is 12.3. The van der Waals surface area contributed by atoms with Gasteiger partial charge in [0.05, 0.1) is 0 Å². The fraction of sp³-hybridized carbons (Fsp3) is 0.533. The summed E-state index contributed by atoms with van der Waals surface area (Å²) >= 11 is 3.37. The number of nitrogens with two attached hydrogens (primary N) is 1. The molecule has 5 heteroatoms. The number of piperidine rings is 1. The predicted octanol–water partition coefficient (Wildman–Crippen LogP) is 2.41. The van der Waals surface area contributed by atoms with E-state index in [1.165, 1.54) is 0 Å². The van der Waals surface area contributed by atoms with E-state index in [4.69, 9.17) is 10.5 Å². The first-order valence-corrected chi connectivity index (χ1v) is 7.77. The Morgan fingerprint density at radius 2 is 2.15 bits per heavy atom. The molecule has 1 aromatic carbocycles. The summed E-state index contributed by atoms with van der Waals surface area (Å²) in [7, 11) is 0. The molecule has 0 aromatic heterocycles. The minimum atomic E-state index is 0.0234. The SMILES string of the molecule is CC1CCN(C(=O)COc2ccc(Br)cc2)C(CN)C1. The van der Waals surface area contributed by atoms with Gasteiger partial charge in [-0.3, -0.25) is 4.79 Å². The van der Waals surface area contributed by atoms with Crippen molar-refractivity contribution in [1.29, 1.82) is 0 Å². The molecule has 1 aromatic rings. The van der Waals surface area contributed by atoms with Gasteiger partial charge in [-0.15, -0.1) is 0 Å². The number of amides is 1. The molecule has 2 rings (SSSR count). The van der Waals surface area contributed by atoms with Crippen molar-refractivity contribution in [2.75, 3.05) is 19.7 Å². The summed E-state index contributed by atoms with van der Waals surface area (Å²) in [6.07, 6.45) is 2.03. The van der Waals surface area contributed by atoms with Crippen LogP contribution < -0.4 is 10.5 Å². The molecule has 1 fully saturated rings. The van der Waals surface area contributed by atoms with E-state index in [1.807, 2.05) is 29.2 Å². The highest BCUT2D eigenvalue weighted by atomic mass is 79.9. The first-order chi connectivity index (χ1) is 9.60. The molecule has 1 aliphatic rings. The maximum Gasteiger partial charge on any atom is 0.260 e. The lowest BCUT2D eigenvalue weighted by atomic mass is 9.92. The molecule has 0 radical (unpaired) electrons. The standard InChI is InChI=1S/C15H21BrN2O2/c1-11-6-7-18(13(8-11)9-17)15(19)10-20-14-4-2-12(16)3-5-14/h2-5,11,13H,6-10,17H2,1H3. The van der Waals surface area contributed by atoms with Gasteiger partial charge in [-0.1, -0.05) is 22.9 Å². The van der Waals surface area contributed by atoms with Crippen molar-refractivity contribution < 1.29 is 9.53 Å². The maximum atomic E-state index is 12.3. The van der Waals surface area contributed by atoms with Crippen molar-refractivity contribution in [3.63, 3.8) is 0 Å². The smallest absolute Gasteiger partial charge is 0.260 e. The summed E-state index contributed by atoms with van der Waals surface area (Å²) in [5.41, 5.74) is 5.78. The van der Waals surface area contributed by atoms with Crippen molar-refractivity contribution in [3.05, 3.63) is 28.7 Å². The molecule has 110 valence electrons. The van der Waals surface area contributed by atoms with E-state index in [1.54, 1.807) is 0 Å². The molecule has 2 unspecified atom stereocenters. The van der Waals surface area contributed by atoms with Crippen LogP contribution in [0.2, 0.25) is 0 Å². The van der Waals surface area contributed by atoms with Crippen molar-refractivity contribution in [1.82, 2.24) is 4.90 Å². The fourth-order valence-corrected chi connectivity index (χ4v) is 2.83. The van der Waals surface area contributed by atoms with Crippen LogP contribution in [0.3, 0.4) is 0 Å². The zero-order chi connectivity index (χ0) is 14.5. The number of carbonyl (C=O) groups is 1. The van der Waals surface area contributed by atoms with Crippen LogP contribution >= 0.6 is 15.9 Å². The average molecular weight is 341 g/mol. The quantitative estimate of drug-likeness (QED) is 0.915. The highest BCUT2D eigenvalue weighted by Gasteiger charge is 2.28. The lowest BCUT2D eigenvalue weighted by Gasteiger charge is -2.37. The number of rotatable bonds is 4. The summed E-state index contributed by atoms with van der Waals surface area (Å²) in [5, 5.41) is 0. The number of hydrogen-bond donors (Lipinski definition) is 1. The van der Waals surface area contributed by atoms with Gasteiger partial charge < -0.3 is 15.4 Å². The molecule has 4 nitrogen and oxygen atoms in total. The highest BCUT2D eigenvalue weighted by molar-refractivity contribution is 9.10. The van der Waals surface area contributed by atoms with Gasteiger partial charge in [-0.05, 0) is 43.0 Å². The normalized spacial score (nSPS) is 22.6. The van der Waals surface area contributed by atoms with Gasteiger partial charge >= 0.3 is 0 Å². The zero-order valence-electron chi connectivity index (χ0n) is 11.7. The Balaban J connectivity index is 1.89. The first-order valence-electron chi connectivity index (χ1n) is 6.98. The lowest BCUT2D eigenvalue weighted by Crippen LogP contribution is -2.50. The molecule has 0 spiro atoms. The van der Waals surface area contributed by atoms with Gasteiger partial charge in [0, 0.05) is 23.6 Å². The van der Waals surface area contributed by atoms with E-state index in [0.717, 1.165) is 23.9 Å². The number of likely N-dealkylation sites (tertiary alicyclic amines) is 1. The van der Waals surface area contributed by atoms with Crippen LogP contribution in [-0.2, 0) is 4.79 Å².